The molecule has 0 radical (unpaired) electrons. The number of nitrogens with one attached hydrogen (secondary N) is 1. The fraction of sp³-hybridized carbons (Fsp3) is 0.412. The summed E-state index contributed by atoms with van der Waals surface area (Å²) in [6.45, 7) is 0.683. The molecule has 4 rings (SSSR count). The van der Waals surface area contributed by atoms with Gasteiger partial charge in [-0.15, -0.1) is 0 Å². The Balaban J connectivity index is 1.72. The number of fused-ring (bicyclic) bond motifs is 3. The average Bonchev–Trinajstić information content (AvgIpc) is 3.10. The number of aromatic amines is 1. The standard InChI is InChI=1S/C17H20N4O/c1-21(2)10-16-19-17(22-20-16)11-7-8-13-12-5-3-4-6-14(12)18-15(13)9-11/h7-9,18H,3-6,10H2,1-2H3. The predicted molar refractivity (Wildman–Crippen MR) is 85.6 cm³/mol. The predicted octanol–water partition coefficient (Wildman–Crippen LogP) is 3.16. The third kappa shape index (κ3) is 2.31. The van der Waals surface area contributed by atoms with Crippen LogP contribution in [-0.4, -0.2) is 34.1 Å². The van der Waals surface area contributed by atoms with Gasteiger partial charge in [0.15, 0.2) is 5.82 Å². The van der Waals surface area contributed by atoms with Crippen molar-refractivity contribution in [2.45, 2.75) is 32.2 Å². The zero-order valence-electron chi connectivity index (χ0n) is 13.0. The lowest BCUT2D eigenvalue weighted by molar-refractivity contribution is 0.365. The number of hydrogen-bond donors (Lipinski definition) is 1. The average molecular weight is 296 g/mol. The molecule has 0 atom stereocenters. The maximum Gasteiger partial charge on any atom is 0.258 e. The summed E-state index contributed by atoms with van der Waals surface area (Å²) in [7, 11) is 3.98. The van der Waals surface area contributed by atoms with Gasteiger partial charge in [0.05, 0.1) is 6.54 Å². The quantitative estimate of drug-likeness (QED) is 0.806. The molecular formula is C17H20N4O. The highest BCUT2D eigenvalue weighted by Crippen LogP contribution is 2.31. The van der Waals surface area contributed by atoms with Gasteiger partial charge in [-0.25, -0.2) is 0 Å². The number of nitrogens with zero attached hydrogens (tertiary/aromatic N) is 3. The lowest BCUT2D eigenvalue weighted by Crippen LogP contribution is -2.11. The number of rotatable bonds is 3. The van der Waals surface area contributed by atoms with Crippen molar-refractivity contribution in [2.24, 2.45) is 0 Å². The van der Waals surface area contributed by atoms with E-state index in [1.165, 1.54) is 41.4 Å². The Kier molecular flexibility index (Phi) is 3.22. The molecule has 2 heterocycles. The van der Waals surface area contributed by atoms with E-state index in [0.717, 1.165) is 12.0 Å². The molecule has 0 bridgehead atoms. The Morgan fingerprint density at radius 1 is 1.23 bits per heavy atom. The van der Waals surface area contributed by atoms with Crippen molar-refractivity contribution < 1.29 is 4.52 Å². The molecule has 1 N–H and O–H groups in total. The van der Waals surface area contributed by atoms with Gasteiger partial charge in [-0.2, -0.15) is 4.98 Å². The Labute approximate surface area is 129 Å². The minimum Gasteiger partial charge on any atom is -0.358 e. The molecule has 0 fully saturated rings. The van der Waals surface area contributed by atoms with Crippen LogP contribution >= 0.6 is 0 Å². The van der Waals surface area contributed by atoms with Crippen molar-refractivity contribution >= 4 is 10.9 Å². The first-order chi connectivity index (χ1) is 10.7. The summed E-state index contributed by atoms with van der Waals surface area (Å²) in [5.74, 6) is 1.30. The van der Waals surface area contributed by atoms with Gasteiger partial charge in [0.2, 0.25) is 0 Å². The van der Waals surface area contributed by atoms with Crippen molar-refractivity contribution in [1.29, 1.82) is 0 Å². The van der Waals surface area contributed by atoms with E-state index in [9.17, 15) is 0 Å². The topological polar surface area (TPSA) is 58.0 Å². The van der Waals surface area contributed by atoms with E-state index in [1.807, 2.05) is 19.0 Å². The molecule has 2 aromatic heterocycles. The van der Waals surface area contributed by atoms with Gasteiger partial charge in [0, 0.05) is 22.2 Å². The van der Waals surface area contributed by atoms with Crippen molar-refractivity contribution in [3.05, 3.63) is 35.3 Å². The van der Waals surface area contributed by atoms with Gasteiger partial charge in [0.25, 0.3) is 5.89 Å². The van der Waals surface area contributed by atoms with Crippen LogP contribution in [0.15, 0.2) is 22.7 Å². The first kappa shape index (κ1) is 13.5. The number of aryl methyl sites for hydroxylation is 2. The maximum atomic E-state index is 5.40. The van der Waals surface area contributed by atoms with Crippen LogP contribution in [0.3, 0.4) is 0 Å². The van der Waals surface area contributed by atoms with E-state index < -0.39 is 0 Å². The van der Waals surface area contributed by atoms with Crippen molar-refractivity contribution in [3.63, 3.8) is 0 Å². The molecule has 5 nitrogen and oxygen atoms in total. The van der Waals surface area contributed by atoms with E-state index in [1.54, 1.807) is 0 Å². The second kappa shape index (κ2) is 5.25. The van der Waals surface area contributed by atoms with Crippen LogP contribution in [0.5, 0.6) is 0 Å². The first-order valence-corrected chi connectivity index (χ1v) is 7.82. The van der Waals surface area contributed by atoms with Gasteiger partial charge in [-0.05, 0) is 57.5 Å². The van der Waals surface area contributed by atoms with Crippen LogP contribution in [0.1, 0.15) is 29.9 Å². The Bertz CT molecular complexity index is 815. The number of benzene rings is 1. The van der Waals surface area contributed by atoms with Crippen molar-refractivity contribution in [3.8, 4) is 11.5 Å². The zero-order valence-corrected chi connectivity index (χ0v) is 13.0. The first-order valence-electron chi connectivity index (χ1n) is 7.82. The maximum absolute atomic E-state index is 5.40. The van der Waals surface area contributed by atoms with Crippen molar-refractivity contribution in [1.82, 2.24) is 20.0 Å². The fourth-order valence-corrected chi connectivity index (χ4v) is 3.27. The summed E-state index contributed by atoms with van der Waals surface area (Å²) in [5, 5.41) is 5.38. The van der Waals surface area contributed by atoms with Crippen molar-refractivity contribution in [2.75, 3.05) is 14.1 Å². The van der Waals surface area contributed by atoms with Crippen LogP contribution in [0.25, 0.3) is 22.4 Å². The van der Waals surface area contributed by atoms with Crippen LogP contribution < -0.4 is 0 Å². The monoisotopic (exact) mass is 296 g/mol. The highest BCUT2D eigenvalue weighted by atomic mass is 16.5. The highest BCUT2D eigenvalue weighted by molar-refractivity contribution is 5.88. The van der Waals surface area contributed by atoms with Crippen LogP contribution in [0.4, 0.5) is 0 Å². The van der Waals surface area contributed by atoms with E-state index in [4.69, 9.17) is 4.52 Å². The Morgan fingerprint density at radius 2 is 2.09 bits per heavy atom. The largest absolute Gasteiger partial charge is 0.358 e. The third-order valence-corrected chi connectivity index (χ3v) is 4.27. The molecular weight excluding hydrogens is 276 g/mol. The number of hydrogen-bond acceptors (Lipinski definition) is 4. The van der Waals surface area contributed by atoms with Gasteiger partial charge in [-0.1, -0.05) is 11.2 Å². The lowest BCUT2D eigenvalue weighted by atomic mass is 9.95. The van der Waals surface area contributed by atoms with Gasteiger partial charge >= 0.3 is 0 Å². The molecule has 5 heteroatoms. The molecule has 0 aliphatic heterocycles. The van der Waals surface area contributed by atoms with Crippen LogP contribution in [0, 0.1) is 0 Å². The normalized spacial score (nSPS) is 14.7. The molecule has 1 aliphatic carbocycles. The molecule has 114 valence electrons. The van der Waals surface area contributed by atoms with Gasteiger partial charge in [0.1, 0.15) is 0 Å². The van der Waals surface area contributed by atoms with E-state index in [2.05, 4.69) is 33.3 Å². The fourth-order valence-electron chi connectivity index (χ4n) is 3.27. The van der Waals surface area contributed by atoms with E-state index in [0.29, 0.717) is 18.3 Å². The van der Waals surface area contributed by atoms with Gasteiger partial charge in [-0.3, -0.25) is 0 Å². The summed E-state index contributed by atoms with van der Waals surface area (Å²) in [6.07, 6.45) is 4.92. The van der Waals surface area contributed by atoms with E-state index >= 15 is 0 Å². The summed E-state index contributed by atoms with van der Waals surface area (Å²) in [4.78, 5) is 10.1. The molecule has 0 unspecified atom stereocenters. The number of aromatic nitrogens is 3. The third-order valence-electron chi connectivity index (χ3n) is 4.27. The Morgan fingerprint density at radius 3 is 2.95 bits per heavy atom. The summed E-state index contributed by atoms with van der Waals surface area (Å²) < 4.78 is 5.40. The Hall–Kier alpha value is -2.14. The van der Waals surface area contributed by atoms with Crippen LogP contribution in [0.2, 0.25) is 0 Å². The molecule has 0 amide bonds. The van der Waals surface area contributed by atoms with E-state index in [-0.39, 0.29) is 0 Å². The highest BCUT2D eigenvalue weighted by Gasteiger charge is 2.17. The molecule has 1 aromatic carbocycles. The SMILES string of the molecule is CN(C)Cc1noc(-c2ccc3c4c([nH]c3c2)CCCC4)n1. The number of H-pyrrole nitrogens is 1. The zero-order chi connectivity index (χ0) is 15.1. The van der Waals surface area contributed by atoms with Crippen LogP contribution in [-0.2, 0) is 19.4 Å². The summed E-state index contributed by atoms with van der Waals surface area (Å²) >= 11 is 0. The molecule has 1 aliphatic rings. The smallest absolute Gasteiger partial charge is 0.258 e. The lowest BCUT2D eigenvalue weighted by Gasteiger charge is -2.10. The second-order valence-electron chi connectivity index (χ2n) is 6.30. The molecule has 0 saturated heterocycles. The molecule has 3 aromatic rings. The minimum absolute atomic E-state index is 0.589. The summed E-state index contributed by atoms with van der Waals surface area (Å²) in [5.41, 5.74) is 5.05. The minimum atomic E-state index is 0.589. The molecule has 0 spiro atoms. The van der Waals surface area contributed by atoms with Gasteiger partial charge < -0.3 is 14.4 Å². The second-order valence-corrected chi connectivity index (χ2v) is 6.30. The summed E-state index contributed by atoms with van der Waals surface area (Å²) in [6, 6.07) is 6.39. The molecule has 0 saturated carbocycles. The molecule has 22 heavy (non-hydrogen) atoms.